The molecule has 0 nitrogen and oxygen atoms in total. The van der Waals surface area contributed by atoms with E-state index in [4.69, 9.17) is 0 Å². The molecule has 0 radical (unpaired) electrons. The first-order valence-electron chi connectivity index (χ1n) is 17.5. The quantitative estimate of drug-likeness (QED) is 0.255. The molecule has 0 saturated carbocycles. The van der Waals surface area contributed by atoms with Crippen LogP contribution in [0.2, 0.25) is 66.5 Å². The lowest BCUT2D eigenvalue weighted by Crippen LogP contribution is -2.76. The first kappa shape index (κ1) is 44.5. The molecule has 0 unspecified atom stereocenters. The topological polar surface area (TPSA) is 0 Å². The lowest BCUT2D eigenvalue weighted by molar-refractivity contribution is 0.626. The van der Waals surface area contributed by atoms with Crippen LogP contribution in [0.15, 0.2) is 0 Å². The summed E-state index contributed by atoms with van der Waals surface area (Å²) in [5.41, 5.74) is 0. The van der Waals surface area contributed by atoms with E-state index in [0.717, 1.165) is 0 Å². The van der Waals surface area contributed by atoms with Gasteiger partial charge in [0.25, 0.3) is 0 Å². The van der Waals surface area contributed by atoms with E-state index >= 15 is 0 Å². The summed E-state index contributed by atoms with van der Waals surface area (Å²) in [4.78, 5) is 0. The smallest absolute Gasteiger partial charge is 0.0708 e. The van der Waals surface area contributed by atoms with Crippen molar-refractivity contribution in [1.29, 1.82) is 0 Å². The molecule has 0 aromatic heterocycles. The van der Waals surface area contributed by atoms with Gasteiger partial charge in [0, 0.05) is 13.9 Å². The normalized spacial score (nSPS) is 16.3. The first-order valence-corrected chi connectivity index (χ1v) is 37.5. The lowest BCUT2D eigenvalue weighted by atomic mass is 10.2. The minimum absolute atomic E-state index is 0.382. The van der Waals surface area contributed by atoms with E-state index in [9.17, 15) is 0 Å². The van der Waals surface area contributed by atoms with Crippen molar-refractivity contribution in [1.82, 2.24) is 0 Å². The van der Waals surface area contributed by atoms with Crippen molar-refractivity contribution in [2.75, 3.05) is 0 Å². The molecule has 0 fully saturated rings. The molecule has 256 valence electrons. The van der Waals surface area contributed by atoms with Crippen LogP contribution < -0.4 is 0 Å². The highest BCUT2D eigenvalue weighted by Gasteiger charge is 2.65. The minimum atomic E-state index is -1.85. The largest absolute Gasteiger partial charge is 0.111 e. The van der Waals surface area contributed by atoms with E-state index in [1.54, 1.807) is 0 Å². The van der Waals surface area contributed by atoms with Gasteiger partial charge in [0.2, 0.25) is 0 Å². The van der Waals surface area contributed by atoms with E-state index < -0.39 is 44.2 Å². The molecule has 0 saturated heterocycles. The third-order valence-electron chi connectivity index (χ3n) is 14.2. The van der Waals surface area contributed by atoms with Gasteiger partial charge in [-0.05, 0) is 40.3 Å². The molecular formula is C36H84Si7. The van der Waals surface area contributed by atoms with Crippen molar-refractivity contribution in [3.8, 4) is 0 Å². The summed E-state index contributed by atoms with van der Waals surface area (Å²) in [7, 11) is -6.13. The van der Waals surface area contributed by atoms with Crippen molar-refractivity contribution in [3.05, 3.63) is 0 Å². The second kappa shape index (κ2) is 12.1. The molecule has 0 aliphatic rings. The van der Waals surface area contributed by atoms with Crippen molar-refractivity contribution >= 4 is 51.9 Å². The van der Waals surface area contributed by atoms with Crippen molar-refractivity contribution in [2.24, 2.45) is 0 Å². The molecule has 0 rings (SSSR count). The van der Waals surface area contributed by atoms with Crippen LogP contribution in [0.1, 0.15) is 166 Å². The summed E-state index contributed by atoms with van der Waals surface area (Å²) in [5, 5.41) is 3.06. The summed E-state index contributed by atoms with van der Waals surface area (Å²) in [6.45, 7) is 75.1. The molecule has 0 aromatic rings. The lowest BCUT2D eigenvalue weighted by Gasteiger charge is -2.62. The van der Waals surface area contributed by atoms with Gasteiger partial charge >= 0.3 is 0 Å². The fourth-order valence-corrected chi connectivity index (χ4v) is 192. The average Bonchev–Trinajstić information content (AvgIpc) is 2.65. The number of hydrogen-bond acceptors (Lipinski definition) is 0. The molecule has 0 bridgehead atoms. The van der Waals surface area contributed by atoms with Crippen LogP contribution in [0.5, 0.6) is 0 Å². The zero-order valence-corrected chi connectivity index (χ0v) is 42.5. The first-order chi connectivity index (χ1) is 18.0. The van der Waals surface area contributed by atoms with Crippen LogP contribution in [-0.2, 0) is 0 Å². The minimum Gasteiger partial charge on any atom is -0.111 e. The number of hydrogen-bond donors (Lipinski definition) is 0. The van der Waals surface area contributed by atoms with Crippen molar-refractivity contribution < 1.29 is 0 Å². The molecule has 43 heavy (non-hydrogen) atoms. The Bertz CT molecular complexity index is 844. The Morgan fingerprint density at radius 1 is 0.256 bits per heavy atom. The van der Waals surface area contributed by atoms with Crippen molar-refractivity contribution in [3.63, 3.8) is 0 Å². The average molecular weight is 714 g/mol. The van der Waals surface area contributed by atoms with Gasteiger partial charge in [-0.2, -0.15) is 0 Å². The van der Waals surface area contributed by atoms with Crippen LogP contribution in [0.3, 0.4) is 0 Å². The molecule has 0 aliphatic heterocycles. The maximum Gasteiger partial charge on any atom is 0.0708 e. The maximum atomic E-state index is 2.97. The predicted octanol–water partition coefficient (Wildman–Crippen LogP) is 13.7. The highest BCUT2D eigenvalue weighted by Crippen LogP contribution is 2.61. The number of rotatable bonds is 4. The molecular weight excluding hydrogens is 629 g/mol. The van der Waals surface area contributed by atoms with Crippen LogP contribution >= 0.6 is 0 Å². The van der Waals surface area contributed by atoms with E-state index in [2.05, 4.69) is 192 Å². The SMILES string of the molecule is CC(C)(C)[Si](C)([Si](=[Si]=[Si]([Si](C)(C(C)(C)C)C(C)(C)C)[Si](C)(C(C)(C)C)C(C)(C)C)[Si](C)(C(C)(C)C)C(C)(C)C)C(C)(C)C. The van der Waals surface area contributed by atoms with Gasteiger partial charge in [-0.25, -0.2) is 0 Å². The van der Waals surface area contributed by atoms with Crippen molar-refractivity contribution in [2.45, 2.75) is 233 Å². The Morgan fingerprint density at radius 2 is 0.349 bits per heavy atom. The molecule has 0 amide bonds. The molecule has 0 spiro atoms. The van der Waals surface area contributed by atoms with Gasteiger partial charge < -0.3 is 0 Å². The Labute approximate surface area is 283 Å². The van der Waals surface area contributed by atoms with Gasteiger partial charge in [-0.3, -0.25) is 0 Å². The summed E-state index contributed by atoms with van der Waals surface area (Å²) in [6.07, 6.45) is 0. The Balaban J connectivity index is 10.1. The Morgan fingerprint density at radius 3 is 0.419 bits per heavy atom. The Hall–Kier alpha value is 1.52. The predicted molar refractivity (Wildman–Crippen MR) is 221 cm³/mol. The van der Waals surface area contributed by atoms with E-state index in [-0.39, 0.29) is 0 Å². The fourth-order valence-electron chi connectivity index (χ4n) is 9.12. The highest BCUT2D eigenvalue weighted by atomic mass is 29.9. The second-order valence-corrected chi connectivity index (χ2v) is 79.1. The van der Waals surface area contributed by atoms with E-state index in [1.807, 2.05) is 0 Å². The molecule has 0 heterocycles. The summed E-state index contributed by atoms with van der Waals surface area (Å²) in [5.74, 6) is 0. The maximum absolute atomic E-state index is 2.97. The van der Waals surface area contributed by atoms with Crippen LogP contribution in [0, 0.1) is 0 Å². The van der Waals surface area contributed by atoms with Gasteiger partial charge in [0.05, 0.1) is 30.4 Å². The molecule has 0 aliphatic carbocycles. The fraction of sp³-hybridized carbons (Fsp3) is 1.00. The van der Waals surface area contributed by atoms with Gasteiger partial charge in [-0.15, -0.1) is 7.71 Å². The monoisotopic (exact) mass is 712 g/mol. The molecule has 0 N–H and O–H groups in total. The summed E-state index contributed by atoms with van der Waals surface area (Å²) in [6, 6.07) is 0. The third-order valence-corrected chi connectivity index (χ3v) is 128. The van der Waals surface area contributed by atoms with E-state index in [1.165, 1.54) is 7.71 Å². The zero-order valence-electron chi connectivity index (χ0n) is 35.5. The highest BCUT2D eigenvalue weighted by molar-refractivity contribution is 7.75. The summed E-state index contributed by atoms with van der Waals surface area (Å²) >= 11 is 0. The zero-order chi connectivity index (χ0) is 35.9. The van der Waals surface area contributed by atoms with Crippen LogP contribution in [-0.4, -0.2) is 51.9 Å². The van der Waals surface area contributed by atoms with Gasteiger partial charge in [-0.1, -0.05) is 192 Å². The second-order valence-electron chi connectivity index (χ2n) is 23.4. The standard InChI is InChI=1S/C36H84Si7/c1-29(2,3)40(25,30(4,5)6)38(41(26,31(7,8)9)32(10,11)12)37-39(42(27,33(13,14)15)34(16,17)18)43(28,35(19,20)21)36(22,23)24/h1-28H3. The molecule has 0 atom stereocenters. The van der Waals surface area contributed by atoms with Crippen LogP contribution in [0.25, 0.3) is 0 Å². The third kappa shape index (κ3) is 7.28. The van der Waals surface area contributed by atoms with E-state index in [0.29, 0.717) is 40.3 Å². The van der Waals surface area contributed by atoms with Gasteiger partial charge in [0.1, 0.15) is 0 Å². The summed E-state index contributed by atoms with van der Waals surface area (Å²) < 4.78 is 0. The molecule has 0 aromatic carbocycles. The molecule has 7 heteroatoms. The Kier molecular flexibility index (Phi) is 12.6. The van der Waals surface area contributed by atoms with Crippen LogP contribution in [0.4, 0.5) is 0 Å². The van der Waals surface area contributed by atoms with Gasteiger partial charge in [0.15, 0.2) is 0 Å².